The van der Waals surface area contributed by atoms with Crippen molar-refractivity contribution in [3.63, 3.8) is 0 Å². The van der Waals surface area contributed by atoms with Crippen molar-refractivity contribution in [3.05, 3.63) is 54.6 Å². The van der Waals surface area contributed by atoms with Crippen LogP contribution in [-0.4, -0.2) is 28.9 Å². The van der Waals surface area contributed by atoms with Crippen LogP contribution in [0.4, 0.5) is 11.4 Å². The van der Waals surface area contributed by atoms with Gasteiger partial charge in [-0.25, -0.2) is 0 Å². The van der Waals surface area contributed by atoms with E-state index in [4.69, 9.17) is 12.2 Å². The van der Waals surface area contributed by atoms with Crippen LogP contribution in [0.5, 0.6) is 0 Å². The third-order valence-corrected chi connectivity index (χ3v) is 5.27. The van der Waals surface area contributed by atoms with E-state index in [1.54, 1.807) is 11.8 Å². The first-order chi connectivity index (χ1) is 13.5. The smallest absolute Gasteiger partial charge is 0.239 e. The van der Waals surface area contributed by atoms with Crippen molar-refractivity contribution in [2.24, 2.45) is 5.92 Å². The molecule has 0 fully saturated rings. The molecule has 148 valence electrons. The van der Waals surface area contributed by atoms with Gasteiger partial charge in [0.25, 0.3) is 0 Å². The highest BCUT2D eigenvalue weighted by molar-refractivity contribution is 7.98. The fraction of sp³-hybridized carbons (Fsp3) is 0.211. The van der Waals surface area contributed by atoms with Crippen LogP contribution in [0.15, 0.2) is 59.5 Å². The monoisotopic (exact) mass is 434 g/mol. The number of hydrazine groups is 1. The maximum absolute atomic E-state index is 12.2. The van der Waals surface area contributed by atoms with Gasteiger partial charge in [-0.1, -0.05) is 30.3 Å². The zero-order valence-corrected chi connectivity index (χ0v) is 17.7. The molecular formula is C19H22N4O2S3. The number of hydrogen-bond donors (Lipinski definition) is 5. The van der Waals surface area contributed by atoms with Crippen LogP contribution < -0.4 is 21.5 Å². The molecule has 4 N–H and O–H groups in total. The van der Waals surface area contributed by atoms with Crippen LogP contribution in [0.1, 0.15) is 6.42 Å². The minimum absolute atomic E-state index is 0.0332. The number of anilines is 2. The zero-order valence-electron chi connectivity index (χ0n) is 15.2. The van der Waals surface area contributed by atoms with E-state index >= 15 is 0 Å². The minimum Gasteiger partial charge on any atom is -0.373 e. The molecule has 2 rings (SSSR count). The average Bonchev–Trinajstić information content (AvgIpc) is 2.71. The van der Waals surface area contributed by atoms with Gasteiger partial charge in [0.2, 0.25) is 5.91 Å². The van der Waals surface area contributed by atoms with E-state index in [0.717, 1.165) is 22.6 Å². The number of benzene rings is 2. The molecule has 1 amide bonds. The van der Waals surface area contributed by atoms with Gasteiger partial charge in [0, 0.05) is 17.0 Å². The molecule has 2 unspecified atom stereocenters. The molecular weight excluding hydrogens is 412 g/mol. The summed E-state index contributed by atoms with van der Waals surface area (Å²) >= 11 is 11.2. The number of hydrogen-bond acceptors (Lipinski definition) is 6. The second-order valence-corrected chi connectivity index (χ2v) is 7.60. The van der Waals surface area contributed by atoms with Crippen molar-refractivity contribution < 1.29 is 9.59 Å². The van der Waals surface area contributed by atoms with Crippen LogP contribution in [0.25, 0.3) is 0 Å². The summed E-state index contributed by atoms with van der Waals surface area (Å²) in [5, 5.41) is 5.88. The van der Waals surface area contributed by atoms with E-state index in [2.05, 4.69) is 34.1 Å². The molecule has 6 nitrogen and oxygen atoms in total. The molecule has 2 atom stereocenters. The normalized spacial score (nSPS) is 12.4. The summed E-state index contributed by atoms with van der Waals surface area (Å²) in [7, 11) is 0. The Bertz CT molecular complexity index is 805. The Labute approximate surface area is 179 Å². The molecule has 9 heteroatoms. The largest absolute Gasteiger partial charge is 0.373 e. The lowest BCUT2D eigenvalue weighted by Crippen LogP contribution is -2.45. The van der Waals surface area contributed by atoms with Crippen LogP contribution in [0.2, 0.25) is 0 Å². The summed E-state index contributed by atoms with van der Waals surface area (Å²) in [6, 6.07) is 17.1. The number of carbonyl (C=O) groups is 2. The summed E-state index contributed by atoms with van der Waals surface area (Å²) in [6.07, 6.45) is 2.66. The van der Waals surface area contributed by atoms with E-state index in [-0.39, 0.29) is 17.4 Å². The van der Waals surface area contributed by atoms with E-state index in [1.165, 1.54) is 0 Å². The van der Waals surface area contributed by atoms with Gasteiger partial charge < -0.3 is 15.4 Å². The van der Waals surface area contributed by atoms with E-state index in [9.17, 15) is 9.59 Å². The Morgan fingerprint density at radius 2 is 1.82 bits per heavy atom. The molecule has 0 saturated carbocycles. The third kappa shape index (κ3) is 7.06. The second kappa shape index (κ2) is 11.6. The number of nitrogens with one attached hydrogen (secondary N) is 4. The molecule has 0 aliphatic rings. The Kier molecular flexibility index (Phi) is 9.12. The summed E-state index contributed by atoms with van der Waals surface area (Å²) in [5.41, 5.74) is 6.82. The third-order valence-electron chi connectivity index (χ3n) is 3.76. The Morgan fingerprint density at radius 3 is 2.50 bits per heavy atom. The van der Waals surface area contributed by atoms with Gasteiger partial charge in [-0.3, -0.25) is 15.6 Å². The highest BCUT2D eigenvalue weighted by Crippen LogP contribution is 2.24. The number of thiocarbonyl (C=S) groups is 1. The fourth-order valence-corrected chi connectivity index (χ4v) is 3.38. The number of aldehydes is 1. The highest BCUT2D eigenvalue weighted by Gasteiger charge is 2.21. The van der Waals surface area contributed by atoms with E-state index < -0.39 is 11.3 Å². The van der Waals surface area contributed by atoms with Crippen LogP contribution in [-0.2, 0) is 9.59 Å². The number of thioether (sulfide) groups is 1. The van der Waals surface area contributed by atoms with Crippen molar-refractivity contribution in [1.29, 1.82) is 0 Å². The molecule has 0 bridgehead atoms. The second-order valence-electron chi connectivity index (χ2n) is 5.79. The summed E-state index contributed by atoms with van der Waals surface area (Å²) in [4.78, 5) is 24.6. The molecule has 2 aromatic carbocycles. The van der Waals surface area contributed by atoms with Gasteiger partial charge in [0.05, 0.1) is 17.0 Å². The number of para-hydroxylation sites is 2. The van der Waals surface area contributed by atoms with Gasteiger partial charge in [0.1, 0.15) is 6.29 Å². The minimum atomic E-state index is -0.607. The molecule has 0 radical (unpaired) electrons. The number of carbonyl (C=O) groups excluding carboxylic acids is 2. The standard InChI is InChI=1S/C19H22N4O2S3/c1-28-16-10-6-5-9-15(16)21-19(27)23-22-17(25)11-13(12-24)18(26)20-14-7-3-2-4-8-14/h2-10,12-13,18,20,26H,11H2,1H3,(H,22,25)(H2,21,23,27). The van der Waals surface area contributed by atoms with Crippen molar-refractivity contribution in [2.75, 3.05) is 16.9 Å². The van der Waals surface area contributed by atoms with Crippen LogP contribution in [0, 0.1) is 5.92 Å². The lowest BCUT2D eigenvalue weighted by Gasteiger charge is -2.20. The maximum Gasteiger partial charge on any atom is 0.239 e. The molecule has 0 spiro atoms. The van der Waals surface area contributed by atoms with Crippen molar-refractivity contribution >= 4 is 65.3 Å². The van der Waals surface area contributed by atoms with Gasteiger partial charge in [0.15, 0.2) is 5.11 Å². The quantitative estimate of drug-likeness (QED) is 0.109. The van der Waals surface area contributed by atoms with Crippen molar-refractivity contribution in [2.45, 2.75) is 16.7 Å². The van der Waals surface area contributed by atoms with E-state index in [1.807, 2.05) is 60.9 Å². The van der Waals surface area contributed by atoms with Gasteiger partial charge in [-0.05, 0) is 42.7 Å². The summed E-state index contributed by atoms with van der Waals surface area (Å²) in [5.74, 6) is -0.975. The van der Waals surface area contributed by atoms with Crippen molar-refractivity contribution in [1.82, 2.24) is 10.9 Å². The van der Waals surface area contributed by atoms with Gasteiger partial charge in [-0.15, -0.1) is 11.8 Å². The Balaban J connectivity index is 1.81. The maximum atomic E-state index is 12.2. The van der Waals surface area contributed by atoms with Gasteiger partial charge >= 0.3 is 0 Å². The first-order valence-corrected chi connectivity index (χ1v) is 10.6. The summed E-state index contributed by atoms with van der Waals surface area (Å²) < 4.78 is 0. The predicted octanol–water partition coefficient (Wildman–Crippen LogP) is 3.30. The highest BCUT2D eigenvalue weighted by atomic mass is 32.2. The first kappa shape index (κ1) is 22.1. The Morgan fingerprint density at radius 1 is 1.14 bits per heavy atom. The SMILES string of the molecule is CSc1ccccc1NC(=S)NNC(=O)CC(C=O)C(S)Nc1ccccc1. The fourth-order valence-electron chi connectivity index (χ4n) is 2.34. The van der Waals surface area contributed by atoms with Crippen LogP contribution in [0.3, 0.4) is 0 Å². The van der Waals surface area contributed by atoms with Crippen LogP contribution >= 0.6 is 36.6 Å². The van der Waals surface area contributed by atoms with Gasteiger partial charge in [-0.2, -0.15) is 12.6 Å². The number of amides is 1. The lowest BCUT2D eigenvalue weighted by atomic mass is 10.1. The predicted molar refractivity (Wildman–Crippen MR) is 123 cm³/mol. The average molecular weight is 435 g/mol. The number of rotatable bonds is 8. The lowest BCUT2D eigenvalue weighted by molar-refractivity contribution is -0.124. The first-order valence-electron chi connectivity index (χ1n) is 8.47. The molecule has 0 heterocycles. The molecule has 2 aromatic rings. The molecule has 28 heavy (non-hydrogen) atoms. The number of thiol groups is 1. The summed E-state index contributed by atoms with van der Waals surface area (Å²) in [6.45, 7) is 0. The molecule has 0 aliphatic carbocycles. The Hall–Kier alpha value is -2.23. The van der Waals surface area contributed by atoms with E-state index in [0.29, 0.717) is 0 Å². The van der Waals surface area contributed by atoms with Crippen molar-refractivity contribution in [3.8, 4) is 0 Å². The molecule has 0 saturated heterocycles. The molecule has 0 aromatic heterocycles. The topological polar surface area (TPSA) is 82.3 Å². The molecule has 0 aliphatic heterocycles. The zero-order chi connectivity index (χ0) is 20.4.